The molecule has 1 aliphatic rings. The van der Waals surface area contributed by atoms with Crippen LogP contribution in [0.15, 0.2) is 30.6 Å². The summed E-state index contributed by atoms with van der Waals surface area (Å²) in [5, 5.41) is 0. The van der Waals surface area contributed by atoms with E-state index in [1.807, 2.05) is 19.9 Å². The summed E-state index contributed by atoms with van der Waals surface area (Å²) in [5.74, 6) is -0.100. The first-order chi connectivity index (χ1) is 13.2. The van der Waals surface area contributed by atoms with Crippen LogP contribution in [0, 0.1) is 25.6 Å². The number of benzene rings is 1. The third-order valence-electron chi connectivity index (χ3n) is 6.19. The molecule has 5 nitrogen and oxygen atoms in total. The highest BCUT2D eigenvalue weighted by atomic mass is 32.2. The van der Waals surface area contributed by atoms with Crippen LogP contribution in [0.3, 0.4) is 0 Å². The van der Waals surface area contributed by atoms with Crippen LogP contribution in [-0.2, 0) is 15.4 Å². The molecule has 2 heterocycles. The number of halogens is 1. The van der Waals surface area contributed by atoms with Gasteiger partial charge in [-0.3, -0.25) is 0 Å². The number of hydrogen-bond donors (Lipinski definition) is 0. The fourth-order valence-corrected chi connectivity index (χ4v) is 5.81. The minimum absolute atomic E-state index is 0.167. The third kappa shape index (κ3) is 3.70. The van der Waals surface area contributed by atoms with Gasteiger partial charge in [0.2, 0.25) is 10.0 Å². The van der Waals surface area contributed by atoms with Gasteiger partial charge in [-0.05, 0) is 56.7 Å². The summed E-state index contributed by atoms with van der Waals surface area (Å²) in [6.07, 6.45) is 5.00. The van der Waals surface area contributed by atoms with Crippen LogP contribution in [-0.4, -0.2) is 42.0 Å². The molecule has 152 valence electrons. The van der Waals surface area contributed by atoms with Gasteiger partial charge in [-0.15, -0.1) is 0 Å². The van der Waals surface area contributed by atoms with Crippen LogP contribution < -0.4 is 0 Å². The summed E-state index contributed by atoms with van der Waals surface area (Å²) in [7, 11) is -3.21. The number of rotatable bonds is 5. The van der Waals surface area contributed by atoms with Gasteiger partial charge in [0.15, 0.2) is 0 Å². The lowest BCUT2D eigenvalue weighted by Crippen LogP contribution is -2.46. The molecule has 1 aliphatic heterocycles. The summed E-state index contributed by atoms with van der Waals surface area (Å²) in [6, 6.07) is 6.78. The smallest absolute Gasteiger partial charge is 0.211 e. The van der Waals surface area contributed by atoms with E-state index in [-0.39, 0.29) is 11.7 Å². The van der Waals surface area contributed by atoms with Crippen LogP contribution in [0.1, 0.15) is 48.7 Å². The maximum atomic E-state index is 14.2. The molecule has 7 heteroatoms. The molecule has 1 atom stereocenters. The summed E-state index contributed by atoms with van der Waals surface area (Å²) < 4.78 is 39.7. The van der Waals surface area contributed by atoms with Crippen molar-refractivity contribution in [3.8, 4) is 0 Å². The van der Waals surface area contributed by atoms with E-state index in [1.54, 1.807) is 18.5 Å². The number of nitrogens with zero attached hydrogens (tertiary/aromatic N) is 3. The van der Waals surface area contributed by atoms with Crippen molar-refractivity contribution in [2.75, 3.05) is 19.3 Å². The first kappa shape index (κ1) is 20.9. The number of hydrogen-bond acceptors (Lipinski definition) is 4. The van der Waals surface area contributed by atoms with Crippen molar-refractivity contribution < 1.29 is 12.8 Å². The molecule has 0 N–H and O–H groups in total. The summed E-state index contributed by atoms with van der Waals surface area (Å²) in [6.45, 7) is 7.01. The molecule has 0 aliphatic carbocycles. The molecular formula is C21H28FN3O2S. The molecule has 1 aromatic carbocycles. The van der Waals surface area contributed by atoms with Crippen molar-refractivity contribution >= 4 is 10.0 Å². The van der Waals surface area contributed by atoms with Crippen molar-refractivity contribution in [2.24, 2.45) is 5.92 Å². The highest BCUT2D eigenvalue weighted by Crippen LogP contribution is 2.48. The van der Waals surface area contributed by atoms with Crippen LogP contribution in [0.2, 0.25) is 0 Å². The largest absolute Gasteiger partial charge is 0.241 e. The molecule has 0 radical (unpaired) electrons. The van der Waals surface area contributed by atoms with Gasteiger partial charge in [0, 0.05) is 35.5 Å². The zero-order valence-corrected chi connectivity index (χ0v) is 17.8. The minimum Gasteiger partial charge on any atom is -0.241 e. The molecule has 0 bridgehead atoms. The van der Waals surface area contributed by atoms with E-state index < -0.39 is 15.4 Å². The van der Waals surface area contributed by atoms with Gasteiger partial charge in [0.25, 0.3) is 0 Å². The zero-order chi connectivity index (χ0) is 20.5. The Hall–Kier alpha value is -1.86. The first-order valence-electron chi connectivity index (χ1n) is 9.70. The Morgan fingerprint density at radius 3 is 2.29 bits per heavy atom. The van der Waals surface area contributed by atoms with Crippen LogP contribution in [0.5, 0.6) is 0 Å². The number of aromatic nitrogens is 2. The van der Waals surface area contributed by atoms with Crippen LogP contribution in [0.25, 0.3) is 0 Å². The second-order valence-corrected chi connectivity index (χ2v) is 9.67. The minimum atomic E-state index is -3.21. The Morgan fingerprint density at radius 1 is 1.18 bits per heavy atom. The standard InChI is InChI=1S/C21H28FN3O2S/c1-5-21(18-7-6-8-19(22)13-18,20-15(2)23-14-24-16(20)3)17-9-11-25(12-10-17)28(4,26)27/h6-8,13-14,17H,5,9-12H2,1-4H3/t21-/m1/s1. The van der Waals surface area contributed by atoms with E-state index in [9.17, 15) is 12.8 Å². The fraction of sp³-hybridized carbons (Fsp3) is 0.524. The van der Waals surface area contributed by atoms with Crippen LogP contribution >= 0.6 is 0 Å². The SMILES string of the molecule is CC[C@@](c1cccc(F)c1)(c1c(C)ncnc1C)C1CCN(S(C)(=O)=O)CC1. The van der Waals surface area contributed by atoms with E-state index in [0.717, 1.165) is 28.9 Å². The average molecular weight is 406 g/mol. The van der Waals surface area contributed by atoms with Crippen molar-refractivity contribution in [3.63, 3.8) is 0 Å². The Kier molecular flexibility index (Phi) is 5.87. The van der Waals surface area contributed by atoms with Crippen molar-refractivity contribution in [1.29, 1.82) is 0 Å². The predicted octanol–water partition coefficient (Wildman–Crippen LogP) is 3.60. The molecule has 28 heavy (non-hydrogen) atoms. The lowest BCUT2D eigenvalue weighted by atomic mass is 9.60. The van der Waals surface area contributed by atoms with E-state index in [1.165, 1.54) is 16.6 Å². The fourth-order valence-electron chi connectivity index (χ4n) is 4.94. The van der Waals surface area contributed by atoms with Gasteiger partial charge in [0.05, 0.1) is 6.26 Å². The zero-order valence-electron chi connectivity index (χ0n) is 16.9. The second-order valence-electron chi connectivity index (χ2n) is 7.69. The van der Waals surface area contributed by atoms with Gasteiger partial charge < -0.3 is 0 Å². The molecule has 1 aromatic heterocycles. The maximum Gasteiger partial charge on any atom is 0.211 e. The highest BCUT2D eigenvalue weighted by molar-refractivity contribution is 7.88. The number of sulfonamides is 1. The molecule has 1 saturated heterocycles. The molecule has 0 unspecified atom stereocenters. The molecule has 3 rings (SSSR count). The lowest BCUT2D eigenvalue weighted by Gasteiger charge is -2.46. The van der Waals surface area contributed by atoms with Crippen molar-refractivity contribution in [2.45, 2.75) is 45.4 Å². The molecular weight excluding hydrogens is 377 g/mol. The van der Waals surface area contributed by atoms with Crippen LogP contribution in [0.4, 0.5) is 4.39 Å². The Balaban J connectivity index is 2.16. The van der Waals surface area contributed by atoms with Gasteiger partial charge in [-0.1, -0.05) is 19.1 Å². The van der Waals surface area contributed by atoms with E-state index in [4.69, 9.17) is 0 Å². The Morgan fingerprint density at radius 2 is 1.79 bits per heavy atom. The average Bonchev–Trinajstić information content (AvgIpc) is 2.64. The molecule has 0 spiro atoms. The van der Waals surface area contributed by atoms with Crippen molar-refractivity contribution in [1.82, 2.24) is 14.3 Å². The molecule has 0 saturated carbocycles. The first-order valence-corrected chi connectivity index (χ1v) is 11.5. The summed E-state index contributed by atoms with van der Waals surface area (Å²) in [5.41, 5.74) is 3.28. The van der Waals surface area contributed by atoms with E-state index in [0.29, 0.717) is 25.9 Å². The molecule has 2 aromatic rings. The molecule has 1 fully saturated rings. The normalized spacial score (nSPS) is 18.8. The highest BCUT2D eigenvalue weighted by Gasteiger charge is 2.45. The van der Waals surface area contributed by atoms with Gasteiger partial charge in [-0.2, -0.15) is 0 Å². The van der Waals surface area contributed by atoms with Gasteiger partial charge >= 0.3 is 0 Å². The van der Waals surface area contributed by atoms with Gasteiger partial charge in [0.1, 0.15) is 12.1 Å². The number of aryl methyl sites for hydroxylation is 2. The quantitative estimate of drug-likeness (QED) is 0.762. The lowest BCUT2D eigenvalue weighted by molar-refractivity contribution is 0.193. The third-order valence-corrected chi connectivity index (χ3v) is 7.49. The van der Waals surface area contributed by atoms with E-state index >= 15 is 0 Å². The maximum absolute atomic E-state index is 14.2. The monoisotopic (exact) mass is 405 g/mol. The molecule has 0 amide bonds. The summed E-state index contributed by atoms with van der Waals surface area (Å²) in [4.78, 5) is 8.88. The van der Waals surface area contributed by atoms with Crippen molar-refractivity contribution in [3.05, 3.63) is 58.9 Å². The van der Waals surface area contributed by atoms with E-state index in [2.05, 4.69) is 16.9 Å². The Bertz CT molecular complexity index is 936. The predicted molar refractivity (Wildman–Crippen MR) is 108 cm³/mol. The number of piperidine rings is 1. The Labute approximate surface area is 167 Å². The summed E-state index contributed by atoms with van der Waals surface area (Å²) >= 11 is 0. The second kappa shape index (κ2) is 7.87. The van der Waals surface area contributed by atoms with Gasteiger partial charge in [-0.25, -0.2) is 27.1 Å². The topological polar surface area (TPSA) is 63.2 Å².